The summed E-state index contributed by atoms with van der Waals surface area (Å²) in [6.07, 6.45) is 8.96. The summed E-state index contributed by atoms with van der Waals surface area (Å²) >= 11 is 0. The monoisotopic (exact) mass is 502 g/mol. The van der Waals surface area contributed by atoms with E-state index >= 15 is 0 Å². The zero-order valence-electron chi connectivity index (χ0n) is 22.4. The van der Waals surface area contributed by atoms with Crippen LogP contribution in [0.2, 0.25) is 0 Å². The fourth-order valence-corrected chi connectivity index (χ4v) is 6.91. The van der Waals surface area contributed by atoms with Crippen LogP contribution < -0.4 is 5.43 Å². The van der Waals surface area contributed by atoms with Crippen molar-refractivity contribution in [3.05, 3.63) is 77.9 Å². The largest absolute Gasteiger partial charge is 0.508 e. The van der Waals surface area contributed by atoms with Crippen molar-refractivity contribution in [3.8, 4) is 5.75 Å². The summed E-state index contributed by atoms with van der Waals surface area (Å²) in [6.45, 7) is 11.5. The number of nitrogens with one attached hydrogen (secondary N) is 1. The van der Waals surface area contributed by atoms with E-state index in [0.717, 1.165) is 56.4 Å². The Morgan fingerprint density at radius 3 is 2.41 bits per heavy atom. The highest BCUT2D eigenvalue weighted by Crippen LogP contribution is 2.43. The Kier molecular flexibility index (Phi) is 7.98. The molecule has 1 amide bonds. The molecule has 2 N–H and O–H groups in total. The standard InChI is InChI=1S/C31H42N4O2/c1-4-18-34-22(2)10-17-29-28(34)16-11-23(3)35(29)30(26-8-7-9-27(36)21-26)24-12-14-25(15-13-24)31(37)32-33-19-5-6-20-33/h4,7-9,12-15,21-23,28-30,36H,1,5-6,10-11,16-20H2,2-3H3,(H,32,37). The van der Waals surface area contributed by atoms with Crippen LogP contribution in [0.25, 0.3) is 0 Å². The molecule has 6 heteroatoms. The molecule has 5 rings (SSSR count). The molecule has 3 saturated heterocycles. The first kappa shape index (κ1) is 26.0. The lowest BCUT2D eigenvalue weighted by Crippen LogP contribution is -2.63. The molecule has 0 spiro atoms. The van der Waals surface area contributed by atoms with Crippen LogP contribution in [-0.2, 0) is 0 Å². The normalized spacial score (nSPS) is 27.9. The Morgan fingerprint density at radius 2 is 1.70 bits per heavy atom. The molecule has 0 aliphatic carbocycles. The lowest BCUT2D eigenvalue weighted by molar-refractivity contribution is -0.0499. The number of carbonyl (C=O) groups is 1. The number of hydrogen-bond donors (Lipinski definition) is 2. The van der Waals surface area contributed by atoms with E-state index in [0.29, 0.717) is 29.7 Å². The number of likely N-dealkylation sites (tertiary alicyclic amines) is 2. The van der Waals surface area contributed by atoms with E-state index in [2.05, 4.69) is 53.9 Å². The first-order valence-electron chi connectivity index (χ1n) is 14.0. The molecule has 198 valence electrons. The van der Waals surface area contributed by atoms with Crippen LogP contribution in [0.1, 0.15) is 79.9 Å². The summed E-state index contributed by atoms with van der Waals surface area (Å²) in [5.74, 6) is 0.242. The number of aromatic hydroxyl groups is 1. The van der Waals surface area contributed by atoms with Crippen LogP contribution in [0.15, 0.2) is 61.2 Å². The van der Waals surface area contributed by atoms with Crippen molar-refractivity contribution in [2.24, 2.45) is 0 Å². The molecule has 6 nitrogen and oxygen atoms in total. The van der Waals surface area contributed by atoms with Gasteiger partial charge in [-0.3, -0.25) is 20.0 Å². The smallest absolute Gasteiger partial charge is 0.265 e. The van der Waals surface area contributed by atoms with Crippen LogP contribution in [0, 0.1) is 0 Å². The van der Waals surface area contributed by atoms with Gasteiger partial charge in [0.05, 0.1) is 6.04 Å². The molecule has 3 aliphatic heterocycles. The van der Waals surface area contributed by atoms with Gasteiger partial charge in [0.15, 0.2) is 0 Å². The average Bonchev–Trinajstić information content (AvgIpc) is 3.41. The van der Waals surface area contributed by atoms with E-state index in [4.69, 9.17) is 0 Å². The summed E-state index contributed by atoms with van der Waals surface area (Å²) in [6, 6.07) is 17.7. The maximum Gasteiger partial charge on any atom is 0.265 e. The number of hydrogen-bond acceptors (Lipinski definition) is 5. The van der Waals surface area contributed by atoms with Gasteiger partial charge in [-0.2, -0.15) is 0 Å². The Bertz CT molecular complexity index is 1080. The fourth-order valence-electron chi connectivity index (χ4n) is 6.91. The quantitative estimate of drug-likeness (QED) is 0.515. The van der Waals surface area contributed by atoms with Crippen LogP contribution >= 0.6 is 0 Å². The number of phenols is 1. The molecule has 3 heterocycles. The second-order valence-corrected chi connectivity index (χ2v) is 11.2. The summed E-state index contributed by atoms with van der Waals surface area (Å²) in [4.78, 5) is 18.2. The van der Waals surface area contributed by atoms with Crippen molar-refractivity contribution in [1.29, 1.82) is 0 Å². The molecule has 5 unspecified atom stereocenters. The average molecular weight is 503 g/mol. The minimum absolute atomic E-state index is 0.00424. The third-order valence-corrected chi connectivity index (χ3v) is 8.77. The zero-order chi connectivity index (χ0) is 25.9. The van der Waals surface area contributed by atoms with E-state index in [9.17, 15) is 9.90 Å². The van der Waals surface area contributed by atoms with Crippen molar-refractivity contribution in [1.82, 2.24) is 20.2 Å². The molecular formula is C31H42N4O2. The van der Waals surface area contributed by atoms with Gasteiger partial charge in [0.1, 0.15) is 5.75 Å². The summed E-state index contributed by atoms with van der Waals surface area (Å²) < 4.78 is 0. The van der Waals surface area contributed by atoms with Crippen LogP contribution in [-0.4, -0.2) is 69.6 Å². The van der Waals surface area contributed by atoms with Gasteiger partial charge in [0.25, 0.3) is 5.91 Å². The Labute approximate surface area is 221 Å². The van der Waals surface area contributed by atoms with Gasteiger partial charge in [-0.05, 0) is 87.8 Å². The van der Waals surface area contributed by atoms with Gasteiger partial charge in [0, 0.05) is 49.4 Å². The molecule has 2 aromatic carbocycles. The minimum atomic E-state index is -0.0462. The van der Waals surface area contributed by atoms with Crippen LogP contribution in [0.4, 0.5) is 0 Å². The van der Waals surface area contributed by atoms with E-state index in [-0.39, 0.29) is 17.7 Å². The molecule has 3 fully saturated rings. The minimum Gasteiger partial charge on any atom is -0.508 e. The van der Waals surface area contributed by atoms with Crippen molar-refractivity contribution >= 4 is 5.91 Å². The maximum atomic E-state index is 12.9. The lowest BCUT2D eigenvalue weighted by atomic mass is 9.79. The highest BCUT2D eigenvalue weighted by Gasteiger charge is 2.45. The van der Waals surface area contributed by atoms with Gasteiger partial charge in [-0.1, -0.05) is 30.3 Å². The summed E-state index contributed by atoms with van der Waals surface area (Å²) in [7, 11) is 0. The number of piperidine rings is 2. The molecular weight excluding hydrogens is 460 g/mol. The predicted molar refractivity (Wildman–Crippen MR) is 148 cm³/mol. The predicted octanol–water partition coefficient (Wildman–Crippen LogP) is 5.11. The fraction of sp³-hybridized carbons (Fsp3) is 0.516. The molecule has 3 aliphatic rings. The maximum absolute atomic E-state index is 12.9. The highest BCUT2D eigenvalue weighted by molar-refractivity contribution is 5.93. The van der Waals surface area contributed by atoms with Gasteiger partial charge in [-0.25, -0.2) is 5.01 Å². The molecule has 0 radical (unpaired) electrons. The van der Waals surface area contributed by atoms with Crippen molar-refractivity contribution in [2.45, 2.75) is 82.6 Å². The Balaban J connectivity index is 1.48. The molecule has 0 bridgehead atoms. The number of fused-ring (bicyclic) bond motifs is 1. The molecule has 37 heavy (non-hydrogen) atoms. The second-order valence-electron chi connectivity index (χ2n) is 11.2. The number of carbonyl (C=O) groups excluding carboxylic acids is 1. The third kappa shape index (κ3) is 5.47. The Hall–Kier alpha value is -2.67. The molecule has 0 saturated carbocycles. The summed E-state index contributed by atoms with van der Waals surface area (Å²) in [5.41, 5.74) is 5.98. The number of rotatable bonds is 7. The molecule has 0 aromatic heterocycles. The highest BCUT2D eigenvalue weighted by atomic mass is 16.3. The van der Waals surface area contributed by atoms with Crippen molar-refractivity contribution in [2.75, 3.05) is 19.6 Å². The van der Waals surface area contributed by atoms with E-state index in [1.54, 1.807) is 6.07 Å². The number of hydrazine groups is 1. The molecule has 2 aromatic rings. The van der Waals surface area contributed by atoms with Gasteiger partial charge >= 0.3 is 0 Å². The first-order chi connectivity index (χ1) is 18.0. The first-order valence-corrected chi connectivity index (χ1v) is 14.0. The Morgan fingerprint density at radius 1 is 1.00 bits per heavy atom. The second kappa shape index (κ2) is 11.4. The van der Waals surface area contributed by atoms with Gasteiger partial charge in [-0.15, -0.1) is 6.58 Å². The zero-order valence-corrected chi connectivity index (χ0v) is 22.4. The van der Waals surface area contributed by atoms with E-state index < -0.39 is 0 Å². The SMILES string of the molecule is C=CCN1C(C)CCC2C1CCC(C)N2C(c1ccc(C(=O)NN2CCCC2)cc1)c1cccc(O)c1. The number of phenolic OH excluding ortho intramolecular Hbond substituents is 1. The van der Waals surface area contributed by atoms with E-state index in [1.807, 2.05) is 35.4 Å². The van der Waals surface area contributed by atoms with Crippen molar-refractivity contribution < 1.29 is 9.90 Å². The molecule has 5 atom stereocenters. The number of benzene rings is 2. The van der Waals surface area contributed by atoms with Gasteiger partial charge < -0.3 is 5.11 Å². The van der Waals surface area contributed by atoms with E-state index in [1.165, 1.54) is 12.8 Å². The summed E-state index contributed by atoms with van der Waals surface area (Å²) in [5, 5.41) is 12.4. The third-order valence-electron chi connectivity index (χ3n) is 8.77. The van der Waals surface area contributed by atoms with Gasteiger partial charge in [0.2, 0.25) is 0 Å². The lowest BCUT2D eigenvalue weighted by Gasteiger charge is -2.56. The van der Waals surface area contributed by atoms with Crippen LogP contribution in [0.3, 0.4) is 0 Å². The number of amides is 1. The van der Waals surface area contributed by atoms with Crippen LogP contribution in [0.5, 0.6) is 5.75 Å². The topological polar surface area (TPSA) is 59.0 Å². The number of nitrogens with zero attached hydrogens (tertiary/aromatic N) is 3. The van der Waals surface area contributed by atoms with Crippen molar-refractivity contribution in [3.63, 3.8) is 0 Å².